The molecule has 0 radical (unpaired) electrons. The van der Waals surface area contributed by atoms with Crippen LogP contribution in [0, 0.1) is 12.8 Å². The van der Waals surface area contributed by atoms with Gasteiger partial charge in [-0.3, -0.25) is 14.8 Å². The number of anilines is 1. The number of halogens is 1. The molecule has 0 saturated carbocycles. The Hall–Kier alpha value is -3.52. The van der Waals surface area contributed by atoms with Gasteiger partial charge in [0.25, 0.3) is 0 Å². The Labute approximate surface area is 222 Å². The van der Waals surface area contributed by atoms with Gasteiger partial charge < -0.3 is 14.4 Å². The highest BCUT2D eigenvalue weighted by Crippen LogP contribution is 2.38. The lowest BCUT2D eigenvalue weighted by Gasteiger charge is -2.45. The van der Waals surface area contributed by atoms with Gasteiger partial charge in [0.2, 0.25) is 5.91 Å². The molecule has 1 fully saturated rings. The van der Waals surface area contributed by atoms with Crippen molar-refractivity contribution < 1.29 is 4.79 Å². The summed E-state index contributed by atoms with van der Waals surface area (Å²) in [6, 6.07) is 7.84. The van der Waals surface area contributed by atoms with Gasteiger partial charge in [0, 0.05) is 66.5 Å². The summed E-state index contributed by atoms with van der Waals surface area (Å²) < 4.78 is 2.03. The second-order valence-electron chi connectivity index (χ2n) is 10.3. The van der Waals surface area contributed by atoms with Gasteiger partial charge in [0.15, 0.2) is 5.65 Å². The molecule has 0 spiro atoms. The van der Waals surface area contributed by atoms with Crippen molar-refractivity contribution >= 4 is 34.4 Å². The van der Waals surface area contributed by atoms with Gasteiger partial charge in [-0.1, -0.05) is 31.5 Å². The van der Waals surface area contributed by atoms with Gasteiger partial charge in [0.1, 0.15) is 12.1 Å². The standard InChI is InChI=1S/C28H32ClN7O/c1-17(2)11-24(37)34-13-19(4)35(14-18(34)3)27-25-23(26-20(5)30-9-10-31-26)15-36(28(25)33-16-32-27)22-8-6-7-21(29)12-22/h6-10,12,15-19H,11,13-14H2,1-5H3/t18-,19+/m1/s1. The van der Waals surface area contributed by atoms with E-state index in [4.69, 9.17) is 21.6 Å². The summed E-state index contributed by atoms with van der Waals surface area (Å²) in [5.74, 6) is 1.38. The van der Waals surface area contributed by atoms with Crippen molar-refractivity contribution in [1.29, 1.82) is 0 Å². The van der Waals surface area contributed by atoms with Crippen LogP contribution < -0.4 is 4.90 Å². The predicted octanol–water partition coefficient (Wildman–Crippen LogP) is 5.31. The Morgan fingerprint density at radius 2 is 1.86 bits per heavy atom. The third kappa shape index (κ3) is 4.78. The number of hydrogen-bond donors (Lipinski definition) is 0. The number of fused-ring (bicyclic) bond motifs is 1. The van der Waals surface area contributed by atoms with E-state index in [0.717, 1.165) is 39.5 Å². The molecule has 5 rings (SSSR count). The molecule has 0 N–H and O–H groups in total. The Kier molecular flexibility index (Phi) is 6.86. The van der Waals surface area contributed by atoms with Crippen LogP contribution in [0.1, 0.15) is 39.8 Å². The molecule has 1 amide bonds. The van der Waals surface area contributed by atoms with Crippen LogP contribution in [0.25, 0.3) is 28.0 Å². The normalized spacial score (nSPS) is 18.1. The summed E-state index contributed by atoms with van der Waals surface area (Å²) in [7, 11) is 0. The fourth-order valence-corrected chi connectivity index (χ4v) is 5.36. The lowest BCUT2D eigenvalue weighted by Crippen LogP contribution is -2.58. The van der Waals surface area contributed by atoms with Crippen molar-refractivity contribution in [2.24, 2.45) is 5.92 Å². The third-order valence-electron chi connectivity index (χ3n) is 6.95. The second-order valence-corrected chi connectivity index (χ2v) is 10.7. The minimum Gasteiger partial charge on any atom is -0.349 e. The Morgan fingerprint density at radius 3 is 2.59 bits per heavy atom. The molecule has 1 saturated heterocycles. The van der Waals surface area contributed by atoms with Gasteiger partial charge in [-0.15, -0.1) is 0 Å². The largest absolute Gasteiger partial charge is 0.349 e. The van der Waals surface area contributed by atoms with Crippen molar-refractivity contribution in [3.05, 3.63) is 59.9 Å². The van der Waals surface area contributed by atoms with Crippen LogP contribution in [0.2, 0.25) is 5.02 Å². The summed E-state index contributed by atoms with van der Waals surface area (Å²) in [5, 5.41) is 1.56. The van der Waals surface area contributed by atoms with Crippen molar-refractivity contribution in [3.63, 3.8) is 0 Å². The van der Waals surface area contributed by atoms with Crippen LogP contribution in [0.3, 0.4) is 0 Å². The first-order valence-electron chi connectivity index (χ1n) is 12.7. The fourth-order valence-electron chi connectivity index (χ4n) is 5.17. The minimum atomic E-state index is 0.0594. The predicted molar refractivity (Wildman–Crippen MR) is 147 cm³/mol. The van der Waals surface area contributed by atoms with E-state index < -0.39 is 0 Å². The number of hydrogen-bond acceptors (Lipinski definition) is 6. The van der Waals surface area contributed by atoms with Gasteiger partial charge >= 0.3 is 0 Å². The molecular weight excluding hydrogens is 486 g/mol. The maximum absolute atomic E-state index is 12.9. The molecule has 1 aliphatic heterocycles. The van der Waals surface area contributed by atoms with E-state index in [0.29, 0.717) is 30.5 Å². The number of rotatable bonds is 5. The highest BCUT2D eigenvalue weighted by Gasteiger charge is 2.34. The molecule has 4 heterocycles. The fraction of sp³-hybridized carbons (Fsp3) is 0.393. The van der Waals surface area contributed by atoms with Gasteiger partial charge in [-0.2, -0.15) is 0 Å². The molecule has 4 aromatic rings. The van der Waals surface area contributed by atoms with Crippen molar-refractivity contribution in [2.75, 3.05) is 18.0 Å². The zero-order chi connectivity index (χ0) is 26.3. The lowest BCUT2D eigenvalue weighted by atomic mass is 10.0. The number of aryl methyl sites for hydroxylation is 1. The third-order valence-corrected chi connectivity index (χ3v) is 7.18. The summed E-state index contributed by atoms with van der Waals surface area (Å²) in [5.41, 5.74) is 4.20. The molecule has 3 aromatic heterocycles. The van der Waals surface area contributed by atoms with E-state index in [1.165, 1.54) is 0 Å². The van der Waals surface area contributed by atoms with E-state index in [-0.39, 0.29) is 18.0 Å². The lowest BCUT2D eigenvalue weighted by molar-refractivity contribution is -0.134. The molecule has 0 unspecified atom stereocenters. The van der Waals surface area contributed by atoms with E-state index >= 15 is 0 Å². The highest BCUT2D eigenvalue weighted by molar-refractivity contribution is 6.30. The smallest absolute Gasteiger partial charge is 0.223 e. The quantitative estimate of drug-likeness (QED) is 0.357. The number of nitrogens with zero attached hydrogens (tertiary/aromatic N) is 7. The first kappa shape index (κ1) is 25.1. The van der Waals surface area contributed by atoms with E-state index in [1.54, 1.807) is 18.7 Å². The molecular formula is C28H32ClN7O. The molecule has 0 aliphatic carbocycles. The molecule has 8 nitrogen and oxygen atoms in total. The summed E-state index contributed by atoms with van der Waals surface area (Å²) in [4.78, 5) is 35.9. The van der Waals surface area contributed by atoms with Crippen LogP contribution in [0.5, 0.6) is 0 Å². The van der Waals surface area contributed by atoms with Crippen molar-refractivity contribution in [2.45, 2.75) is 53.1 Å². The van der Waals surface area contributed by atoms with Gasteiger partial charge in [0.05, 0.1) is 16.8 Å². The van der Waals surface area contributed by atoms with Gasteiger partial charge in [-0.25, -0.2) is 9.97 Å². The molecule has 9 heteroatoms. The number of amides is 1. The summed E-state index contributed by atoms with van der Waals surface area (Å²) >= 11 is 6.34. The minimum absolute atomic E-state index is 0.0594. The van der Waals surface area contributed by atoms with Crippen molar-refractivity contribution in [3.8, 4) is 16.9 Å². The first-order chi connectivity index (χ1) is 17.7. The molecule has 192 valence electrons. The summed E-state index contributed by atoms with van der Waals surface area (Å²) in [6.07, 6.45) is 7.62. The Bertz CT molecular complexity index is 1450. The topological polar surface area (TPSA) is 80.0 Å². The van der Waals surface area contributed by atoms with E-state index in [9.17, 15) is 4.79 Å². The number of carbonyl (C=O) groups is 1. The first-order valence-corrected chi connectivity index (χ1v) is 13.1. The Balaban J connectivity index is 1.65. The van der Waals surface area contributed by atoms with Crippen LogP contribution in [0.15, 0.2) is 49.2 Å². The van der Waals surface area contributed by atoms with Crippen LogP contribution in [-0.2, 0) is 4.79 Å². The molecule has 1 aromatic carbocycles. The SMILES string of the molecule is Cc1nccnc1-c1cn(-c2cccc(Cl)c2)c2ncnc(N3C[C@@H](C)N(C(=O)CC(C)C)C[C@@H]3C)c12. The number of benzene rings is 1. The summed E-state index contributed by atoms with van der Waals surface area (Å²) in [6.45, 7) is 11.7. The molecule has 1 aliphatic rings. The monoisotopic (exact) mass is 517 g/mol. The Morgan fingerprint density at radius 1 is 1.08 bits per heavy atom. The zero-order valence-corrected chi connectivity index (χ0v) is 22.6. The maximum atomic E-state index is 12.9. The molecule has 0 bridgehead atoms. The second kappa shape index (κ2) is 10.1. The average molecular weight is 518 g/mol. The van der Waals surface area contributed by atoms with E-state index in [1.807, 2.05) is 46.9 Å². The van der Waals surface area contributed by atoms with Crippen LogP contribution in [0.4, 0.5) is 5.82 Å². The van der Waals surface area contributed by atoms with E-state index in [2.05, 4.69) is 42.6 Å². The van der Waals surface area contributed by atoms with Crippen LogP contribution >= 0.6 is 11.6 Å². The van der Waals surface area contributed by atoms with Gasteiger partial charge in [-0.05, 0) is 44.9 Å². The average Bonchev–Trinajstić information content (AvgIpc) is 3.25. The van der Waals surface area contributed by atoms with Crippen molar-refractivity contribution in [1.82, 2.24) is 29.4 Å². The zero-order valence-electron chi connectivity index (χ0n) is 21.9. The number of piperazine rings is 1. The molecule has 37 heavy (non-hydrogen) atoms. The van der Waals surface area contributed by atoms with Crippen LogP contribution in [-0.4, -0.2) is 60.5 Å². The number of aromatic nitrogens is 5. The maximum Gasteiger partial charge on any atom is 0.223 e. The molecule has 2 atom stereocenters. The highest BCUT2D eigenvalue weighted by atomic mass is 35.5. The number of carbonyl (C=O) groups excluding carboxylic acids is 1.